The second-order valence-corrected chi connectivity index (χ2v) is 4.67. The van der Waals surface area contributed by atoms with Gasteiger partial charge in [-0.15, -0.1) is 0 Å². The number of amides is 1. The van der Waals surface area contributed by atoms with Crippen molar-refractivity contribution >= 4 is 28.4 Å². The first kappa shape index (κ1) is 13.2. The molecule has 21 heavy (non-hydrogen) atoms. The molecule has 7 heteroatoms. The van der Waals surface area contributed by atoms with Crippen molar-refractivity contribution in [2.75, 3.05) is 11.1 Å². The zero-order valence-electron chi connectivity index (χ0n) is 11.8. The zero-order chi connectivity index (χ0) is 15.0. The Balaban J connectivity index is 1.89. The van der Waals surface area contributed by atoms with Gasteiger partial charge >= 0.3 is 0 Å². The molecule has 0 unspecified atom stereocenters. The highest BCUT2D eigenvalue weighted by molar-refractivity contribution is 6.06. The van der Waals surface area contributed by atoms with Crippen LogP contribution in [0.2, 0.25) is 0 Å². The van der Waals surface area contributed by atoms with Gasteiger partial charge in [0, 0.05) is 19.2 Å². The maximum absolute atomic E-state index is 12.2. The Morgan fingerprint density at radius 2 is 2.29 bits per heavy atom. The predicted octanol–water partition coefficient (Wildman–Crippen LogP) is 1.96. The van der Waals surface area contributed by atoms with Crippen molar-refractivity contribution in [2.24, 2.45) is 7.05 Å². The minimum absolute atomic E-state index is 0.314. The van der Waals surface area contributed by atoms with Crippen LogP contribution in [0.15, 0.2) is 28.8 Å². The molecule has 0 atom stereocenters. The average Bonchev–Trinajstić information content (AvgIpc) is 3.01. The summed E-state index contributed by atoms with van der Waals surface area (Å²) < 4.78 is 6.97. The van der Waals surface area contributed by atoms with E-state index in [4.69, 9.17) is 10.2 Å². The quantitative estimate of drug-likeness (QED) is 0.766. The Labute approximate surface area is 120 Å². The van der Waals surface area contributed by atoms with Crippen LogP contribution in [0, 0.1) is 0 Å². The Morgan fingerprint density at radius 1 is 1.48 bits per heavy atom. The van der Waals surface area contributed by atoms with Crippen molar-refractivity contribution in [2.45, 2.75) is 13.3 Å². The molecule has 1 amide bonds. The number of hydrogen-bond donors (Lipinski definition) is 2. The highest BCUT2D eigenvalue weighted by Gasteiger charge is 2.15. The number of fused-ring (bicyclic) bond motifs is 1. The summed E-state index contributed by atoms with van der Waals surface area (Å²) in [6, 6.07) is 5.31. The molecular weight excluding hydrogens is 270 g/mol. The lowest BCUT2D eigenvalue weighted by Gasteiger charge is -2.06. The van der Waals surface area contributed by atoms with E-state index in [0.717, 1.165) is 6.42 Å². The molecule has 0 bridgehead atoms. The van der Waals surface area contributed by atoms with Crippen LogP contribution in [-0.4, -0.2) is 20.7 Å². The molecule has 2 heterocycles. The molecule has 108 valence electrons. The summed E-state index contributed by atoms with van der Waals surface area (Å²) in [5.41, 5.74) is 8.44. The van der Waals surface area contributed by atoms with E-state index in [9.17, 15) is 4.79 Å². The smallest absolute Gasteiger partial charge is 0.276 e. The molecular formula is C14H15N5O2. The molecule has 0 fully saturated rings. The second kappa shape index (κ2) is 4.93. The molecule has 1 aromatic carbocycles. The summed E-state index contributed by atoms with van der Waals surface area (Å²) in [4.78, 5) is 16.6. The molecule has 0 saturated carbocycles. The third kappa shape index (κ3) is 2.33. The normalized spacial score (nSPS) is 11.0. The summed E-state index contributed by atoms with van der Waals surface area (Å²) in [5, 5.41) is 6.73. The van der Waals surface area contributed by atoms with Gasteiger partial charge in [-0.05, 0) is 18.2 Å². The molecule has 7 nitrogen and oxygen atoms in total. The van der Waals surface area contributed by atoms with E-state index in [0.29, 0.717) is 34.1 Å². The molecule has 0 radical (unpaired) electrons. The number of benzene rings is 1. The van der Waals surface area contributed by atoms with Gasteiger partial charge in [-0.25, -0.2) is 4.98 Å². The van der Waals surface area contributed by atoms with Crippen LogP contribution in [0.1, 0.15) is 23.3 Å². The fourth-order valence-corrected chi connectivity index (χ4v) is 2.13. The van der Waals surface area contributed by atoms with Gasteiger partial charge in [-0.2, -0.15) is 5.10 Å². The van der Waals surface area contributed by atoms with Gasteiger partial charge < -0.3 is 15.5 Å². The minimum atomic E-state index is -0.314. The number of oxazole rings is 1. The number of aryl methyl sites for hydroxylation is 2. The highest BCUT2D eigenvalue weighted by atomic mass is 16.3. The molecule has 3 N–H and O–H groups in total. The fourth-order valence-electron chi connectivity index (χ4n) is 2.13. The van der Waals surface area contributed by atoms with E-state index in [1.165, 1.54) is 10.9 Å². The molecule has 0 aliphatic carbocycles. The first-order valence-electron chi connectivity index (χ1n) is 6.56. The maximum Gasteiger partial charge on any atom is 0.276 e. The SMILES string of the molecule is CCc1nc2cc(NC(=O)c3c(N)cnn3C)ccc2o1. The predicted molar refractivity (Wildman–Crippen MR) is 79.0 cm³/mol. The van der Waals surface area contributed by atoms with Crippen LogP contribution >= 0.6 is 0 Å². The van der Waals surface area contributed by atoms with E-state index < -0.39 is 0 Å². The van der Waals surface area contributed by atoms with Crippen molar-refractivity contribution in [3.05, 3.63) is 36.0 Å². The molecule has 0 saturated heterocycles. The Bertz CT molecular complexity index is 798. The second-order valence-electron chi connectivity index (χ2n) is 4.67. The standard InChI is InChI=1S/C14H15N5O2/c1-3-12-18-10-6-8(4-5-11(10)21-12)17-14(20)13-9(15)7-16-19(13)2/h4-7H,3,15H2,1-2H3,(H,17,20). The van der Waals surface area contributed by atoms with Crippen LogP contribution in [0.3, 0.4) is 0 Å². The Morgan fingerprint density at radius 3 is 2.95 bits per heavy atom. The van der Waals surface area contributed by atoms with E-state index in [1.807, 2.05) is 6.92 Å². The number of nitrogens with two attached hydrogens (primary N) is 1. The van der Waals surface area contributed by atoms with Gasteiger partial charge in [0.25, 0.3) is 5.91 Å². The minimum Gasteiger partial charge on any atom is -0.441 e. The van der Waals surface area contributed by atoms with Crippen LogP contribution in [0.5, 0.6) is 0 Å². The summed E-state index contributed by atoms with van der Waals surface area (Å²) in [6.07, 6.45) is 2.17. The largest absolute Gasteiger partial charge is 0.441 e. The van der Waals surface area contributed by atoms with Gasteiger partial charge in [0.1, 0.15) is 11.2 Å². The van der Waals surface area contributed by atoms with Crippen molar-refractivity contribution < 1.29 is 9.21 Å². The number of carbonyl (C=O) groups is 1. The number of anilines is 2. The first-order chi connectivity index (χ1) is 10.1. The fraction of sp³-hybridized carbons (Fsp3) is 0.214. The summed E-state index contributed by atoms with van der Waals surface area (Å²) in [6.45, 7) is 1.97. The van der Waals surface area contributed by atoms with Gasteiger partial charge in [0.15, 0.2) is 11.5 Å². The number of carbonyl (C=O) groups excluding carboxylic acids is 1. The first-order valence-corrected chi connectivity index (χ1v) is 6.56. The summed E-state index contributed by atoms with van der Waals surface area (Å²) in [7, 11) is 1.67. The van der Waals surface area contributed by atoms with Gasteiger partial charge in [-0.3, -0.25) is 9.48 Å². The van der Waals surface area contributed by atoms with Gasteiger partial charge in [0.05, 0.1) is 11.9 Å². The lowest BCUT2D eigenvalue weighted by molar-refractivity contribution is 0.101. The van der Waals surface area contributed by atoms with Crippen molar-refractivity contribution in [3.63, 3.8) is 0 Å². The van der Waals surface area contributed by atoms with Crippen LogP contribution in [0.4, 0.5) is 11.4 Å². The number of aromatic nitrogens is 3. The third-order valence-corrected chi connectivity index (χ3v) is 3.17. The molecule has 0 spiro atoms. The monoisotopic (exact) mass is 285 g/mol. The topological polar surface area (TPSA) is 99.0 Å². The van der Waals surface area contributed by atoms with E-state index in [1.54, 1.807) is 25.2 Å². The molecule has 3 aromatic rings. The van der Waals surface area contributed by atoms with Crippen molar-refractivity contribution in [1.82, 2.24) is 14.8 Å². The number of hydrogen-bond acceptors (Lipinski definition) is 5. The number of rotatable bonds is 3. The van der Waals surface area contributed by atoms with Crippen molar-refractivity contribution in [1.29, 1.82) is 0 Å². The zero-order valence-corrected chi connectivity index (χ0v) is 11.8. The third-order valence-electron chi connectivity index (χ3n) is 3.17. The lowest BCUT2D eigenvalue weighted by Crippen LogP contribution is -2.17. The van der Waals surface area contributed by atoms with E-state index >= 15 is 0 Å². The van der Waals surface area contributed by atoms with Crippen LogP contribution in [-0.2, 0) is 13.5 Å². The molecule has 2 aromatic heterocycles. The van der Waals surface area contributed by atoms with Gasteiger partial charge in [0.2, 0.25) is 0 Å². The number of nitrogens with one attached hydrogen (secondary N) is 1. The van der Waals surface area contributed by atoms with Crippen LogP contribution in [0.25, 0.3) is 11.1 Å². The maximum atomic E-state index is 12.2. The summed E-state index contributed by atoms with van der Waals surface area (Å²) in [5.74, 6) is 0.357. The van der Waals surface area contributed by atoms with Crippen molar-refractivity contribution in [3.8, 4) is 0 Å². The Hall–Kier alpha value is -2.83. The highest BCUT2D eigenvalue weighted by Crippen LogP contribution is 2.21. The molecule has 0 aliphatic rings. The molecule has 3 rings (SSSR count). The van der Waals surface area contributed by atoms with Crippen LogP contribution < -0.4 is 11.1 Å². The van der Waals surface area contributed by atoms with Gasteiger partial charge in [-0.1, -0.05) is 6.92 Å². The van der Waals surface area contributed by atoms with E-state index in [-0.39, 0.29) is 5.91 Å². The Kier molecular flexibility index (Phi) is 3.09. The summed E-state index contributed by atoms with van der Waals surface area (Å²) >= 11 is 0. The van der Waals surface area contributed by atoms with E-state index in [2.05, 4.69) is 15.4 Å². The lowest BCUT2D eigenvalue weighted by atomic mass is 10.2. The molecule has 0 aliphatic heterocycles. The average molecular weight is 285 g/mol. The number of nitrogens with zero attached hydrogens (tertiary/aromatic N) is 3. The number of nitrogen functional groups attached to an aromatic ring is 1.